The topological polar surface area (TPSA) is 66.5 Å². The quantitative estimate of drug-likeness (QED) is 0.547. The number of benzene rings is 3. The Balaban J connectivity index is 1.86. The molecule has 0 heterocycles. The number of rotatable bonds is 7. The molecule has 1 N–H and O–H groups in total. The van der Waals surface area contributed by atoms with Gasteiger partial charge in [-0.2, -0.15) is 0 Å². The van der Waals surface area contributed by atoms with Gasteiger partial charge in [0.05, 0.1) is 15.6 Å². The Morgan fingerprint density at radius 3 is 2.20 bits per heavy atom. The van der Waals surface area contributed by atoms with E-state index in [9.17, 15) is 13.2 Å². The first kappa shape index (κ1) is 22.2. The number of carbonyl (C=O) groups is 1. The summed E-state index contributed by atoms with van der Waals surface area (Å²) in [6, 6.07) is 20.0. The van der Waals surface area contributed by atoms with Gasteiger partial charge in [0, 0.05) is 11.6 Å². The molecular weight excluding hydrogens is 443 g/mol. The number of anilines is 1. The molecule has 0 atom stereocenters. The first-order valence-corrected chi connectivity index (χ1v) is 11.3. The van der Waals surface area contributed by atoms with E-state index in [0.29, 0.717) is 5.02 Å². The molecule has 0 saturated carbocycles. The maximum Gasteiger partial charge on any atom is 0.264 e. The highest BCUT2D eigenvalue weighted by molar-refractivity contribution is 7.92. The van der Waals surface area contributed by atoms with Crippen LogP contribution in [0.25, 0.3) is 0 Å². The third kappa shape index (κ3) is 5.33. The maximum atomic E-state index is 13.3. The van der Waals surface area contributed by atoms with E-state index in [2.05, 4.69) is 5.32 Å². The van der Waals surface area contributed by atoms with Crippen molar-refractivity contribution < 1.29 is 13.2 Å². The fraction of sp³-hybridized carbons (Fsp3) is 0.136. The van der Waals surface area contributed by atoms with Crippen LogP contribution >= 0.6 is 23.2 Å². The lowest BCUT2D eigenvalue weighted by Gasteiger charge is -2.25. The number of halogens is 2. The molecule has 3 aromatic rings. The van der Waals surface area contributed by atoms with Crippen LogP contribution in [0.15, 0.2) is 77.7 Å². The molecule has 1 amide bonds. The summed E-state index contributed by atoms with van der Waals surface area (Å²) < 4.78 is 27.7. The van der Waals surface area contributed by atoms with Gasteiger partial charge < -0.3 is 5.32 Å². The molecule has 0 aromatic heterocycles. The summed E-state index contributed by atoms with van der Waals surface area (Å²) in [5, 5.41) is 3.57. The molecule has 8 heteroatoms. The van der Waals surface area contributed by atoms with E-state index in [1.54, 1.807) is 60.7 Å². The number of hydrogen-bond donors (Lipinski definition) is 1. The van der Waals surface area contributed by atoms with Crippen LogP contribution in [0.5, 0.6) is 0 Å². The van der Waals surface area contributed by atoms with Crippen LogP contribution in [-0.2, 0) is 21.4 Å². The van der Waals surface area contributed by atoms with Crippen molar-refractivity contribution in [3.8, 4) is 0 Å². The van der Waals surface area contributed by atoms with Crippen molar-refractivity contribution in [3.63, 3.8) is 0 Å². The van der Waals surface area contributed by atoms with Crippen molar-refractivity contribution in [2.75, 3.05) is 10.8 Å². The highest BCUT2D eigenvalue weighted by Gasteiger charge is 2.28. The SMILES string of the molecule is Cc1ccc(S(=O)(=O)N(CC(=O)NCc2ccc(Cl)cc2)c2ccccc2Cl)cc1. The minimum absolute atomic E-state index is 0.0820. The molecule has 0 aliphatic rings. The van der Waals surface area contributed by atoms with Crippen molar-refractivity contribution in [1.29, 1.82) is 0 Å². The molecule has 156 valence electrons. The number of nitrogens with one attached hydrogen (secondary N) is 1. The van der Waals surface area contributed by atoms with Gasteiger partial charge in [0.1, 0.15) is 6.54 Å². The molecule has 0 fully saturated rings. The van der Waals surface area contributed by atoms with Crippen LogP contribution in [0.4, 0.5) is 5.69 Å². The number of sulfonamides is 1. The van der Waals surface area contributed by atoms with Crippen molar-refractivity contribution >= 4 is 44.8 Å². The molecule has 0 unspecified atom stereocenters. The van der Waals surface area contributed by atoms with Crippen molar-refractivity contribution in [1.82, 2.24) is 5.32 Å². The molecule has 0 saturated heterocycles. The second kappa shape index (κ2) is 9.51. The molecule has 30 heavy (non-hydrogen) atoms. The molecule has 3 rings (SSSR count). The molecule has 3 aromatic carbocycles. The van der Waals surface area contributed by atoms with Gasteiger partial charge in [-0.05, 0) is 48.9 Å². The van der Waals surface area contributed by atoms with Crippen molar-refractivity contribution in [3.05, 3.63) is 94.0 Å². The van der Waals surface area contributed by atoms with Crippen LogP contribution in [0.1, 0.15) is 11.1 Å². The first-order chi connectivity index (χ1) is 14.3. The number of nitrogens with zero attached hydrogens (tertiary/aromatic N) is 1. The zero-order chi connectivity index (χ0) is 21.7. The molecule has 0 spiro atoms. The summed E-state index contributed by atoms with van der Waals surface area (Å²) in [4.78, 5) is 12.7. The highest BCUT2D eigenvalue weighted by atomic mass is 35.5. The standard InChI is InChI=1S/C22H20Cl2N2O3S/c1-16-6-12-19(13-7-16)30(28,29)26(21-5-3-2-4-20(21)24)15-22(27)25-14-17-8-10-18(23)11-9-17/h2-13H,14-15H2,1H3,(H,25,27). The van der Waals surface area contributed by atoms with E-state index >= 15 is 0 Å². The lowest BCUT2D eigenvalue weighted by molar-refractivity contribution is -0.119. The van der Waals surface area contributed by atoms with E-state index in [4.69, 9.17) is 23.2 Å². The molecular formula is C22H20Cl2N2O3S. The molecule has 0 aliphatic heterocycles. The van der Waals surface area contributed by atoms with Crippen LogP contribution in [-0.4, -0.2) is 20.9 Å². The molecule has 0 bridgehead atoms. The Hall–Kier alpha value is -2.54. The van der Waals surface area contributed by atoms with Gasteiger partial charge in [-0.25, -0.2) is 8.42 Å². The third-order valence-corrected chi connectivity index (χ3v) is 6.77. The van der Waals surface area contributed by atoms with Crippen LogP contribution in [0, 0.1) is 6.92 Å². The second-order valence-electron chi connectivity index (χ2n) is 6.68. The number of para-hydroxylation sites is 1. The number of carbonyl (C=O) groups excluding carboxylic acids is 1. The van der Waals surface area contributed by atoms with Gasteiger partial charge in [-0.1, -0.05) is 65.2 Å². The second-order valence-corrected chi connectivity index (χ2v) is 9.39. The number of amides is 1. The fourth-order valence-electron chi connectivity index (χ4n) is 2.78. The lowest BCUT2D eigenvalue weighted by Crippen LogP contribution is -2.40. The number of hydrogen-bond acceptors (Lipinski definition) is 3. The predicted molar refractivity (Wildman–Crippen MR) is 120 cm³/mol. The molecule has 0 aliphatic carbocycles. The Morgan fingerprint density at radius 1 is 0.933 bits per heavy atom. The summed E-state index contributed by atoms with van der Waals surface area (Å²) in [5.74, 6) is -0.458. The summed E-state index contributed by atoms with van der Waals surface area (Å²) in [5.41, 5.74) is 2.01. The van der Waals surface area contributed by atoms with E-state index in [1.165, 1.54) is 12.1 Å². The van der Waals surface area contributed by atoms with Crippen LogP contribution in [0.2, 0.25) is 10.0 Å². The minimum atomic E-state index is -4.01. The van der Waals surface area contributed by atoms with E-state index in [0.717, 1.165) is 15.4 Å². The Morgan fingerprint density at radius 2 is 1.57 bits per heavy atom. The predicted octanol–water partition coefficient (Wildman–Crippen LogP) is 4.81. The third-order valence-electron chi connectivity index (χ3n) is 4.42. The van der Waals surface area contributed by atoms with Gasteiger partial charge in [0.2, 0.25) is 5.91 Å². The Kier molecular flexibility index (Phi) is 7.02. The average molecular weight is 463 g/mol. The molecule has 5 nitrogen and oxygen atoms in total. The summed E-state index contributed by atoms with van der Waals surface area (Å²) in [7, 11) is -4.01. The largest absolute Gasteiger partial charge is 0.350 e. The van der Waals surface area contributed by atoms with Crippen molar-refractivity contribution in [2.45, 2.75) is 18.4 Å². The highest BCUT2D eigenvalue weighted by Crippen LogP contribution is 2.30. The monoisotopic (exact) mass is 462 g/mol. The zero-order valence-corrected chi connectivity index (χ0v) is 18.5. The maximum absolute atomic E-state index is 13.3. The fourth-order valence-corrected chi connectivity index (χ4v) is 4.63. The van der Waals surface area contributed by atoms with E-state index in [1.807, 2.05) is 6.92 Å². The Labute approximate surface area is 186 Å². The van der Waals surface area contributed by atoms with Gasteiger partial charge >= 0.3 is 0 Å². The smallest absolute Gasteiger partial charge is 0.264 e. The van der Waals surface area contributed by atoms with E-state index in [-0.39, 0.29) is 22.2 Å². The van der Waals surface area contributed by atoms with Gasteiger partial charge in [0.25, 0.3) is 10.0 Å². The minimum Gasteiger partial charge on any atom is -0.350 e. The van der Waals surface area contributed by atoms with Crippen LogP contribution < -0.4 is 9.62 Å². The van der Waals surface area contributed by atoms with Gasteiger partial charge in [-0.15, -0.1) is 0 Å². The van der Waals surface area contributed by atoms with E-state index < -0.39 is 22.5 Å². The number of aryl methyl sites for hydroxylation is 1. The summed E-state index contributed by atoms with van der Waals surface area (Å²) in [6.07, 6.45) is 0. The zero-order valence-electron chi connectivity index (χ0n) is 16.2. The summed E-state index contributed by atoms with van der Waals surface area (Å²) >= 11 is 12.1. The van der Waals surface area contributed by atoms with Crippen LogP contribution in [0.3, 0.4) is 0 Å². The Bertz CT molecular complexity index is 1130. The summed E-state index contributed by atoms with van der Waals surface area (Å²) in [6.45, 7) is 1.71. The van der Waals surface area contributed by atoms with Gasteiger partial charge in [-0.3, -0.25) is 9.10 Å². The normalized spacial score (nSPS) is 11.2. The molecule has 0 radical (unpaired) electrons. The average Bonchev–Trinajstić information content (AvgIpc) is 2.72. The lowest BCUT2D eigenvalue weighted by atomic mass is 10.2. The van der Waals surface area contributed by atoms with Gasteiger partial charge in [0.15, 0.2) is 0 Å². The first-order valence-electron chi connectivity index (χ1n) is 9.12. The van der Waals surface area contributed by atoms with Crippen molar-refractivity contribution in [2.24, 2.45) is 0 Å².